The third-order valence-electron chi connectivity index (χ3n) is 4.72. The molecule has 0 fully saturated rings. The van der Waals surface area contributed by atoms with Crippen LogP contribution in [0.1, 0.15) is 39.6 Å². The van der Waals surface area contributed by atoms with Crippen molar-refractivity contribution in [2.24, 2.45) is 0 Å². The minimum Gasteiger partial charge on any atom is -0.422 e. The molecule has 1 amide bonds. The van der Waals surface area contributed by atoms with Crippen LogP contribution in [0.15, 0.2) is 57.7 Å². The molecule has 26 heavy (non-hydrogen) atoms. The minimum atomic E-state index is -0.638. The molecule has 0 saturated heterocycles. The molecule has 0 spiro atoms. The lowest BCUT2D eigenvalue weighted by atomic mass is 9.97. The van der Waals surface area contributed by atoms with Crippen molar-refractivity contribution in [3.05, 3.63) is 75.6 Å². The second kappa shape index (κ2) is 6.26. The summed E-state index contributed by atoms with van der Waals surface area (Å²) >= 11 is 0. The summed E-state index contributed by atoms with van der Waals surface area (Å²) in [5.74, 6) is -0.382. The summed E-state index contributed by atoms with van der Waals surface area (Å²) in [5.41, 5.74) is 2.16. The zero-order valence-corrected chi connectivity index (χ0v) is 14.3. The van der Waals surface area contributed by atoms with E-state index >= 15 is 0 Å². The average molecular weight is 347 g/mol. The van der Waals surface area contributed by atoms with Gasteiger partial charge in [0, 0.05) is 23.2 Å². The van der Waals surface area contributed by atoms with Crippen LogP contribution in [0.4, 0.5) is 5.69 Å². The number of hydrogen-bond acceptors (Lipinski definition) is 4. The summed E-state index contributed by atoms with van der Waals surface area (Å²) in [6.07, 6.45) is 1.57. The van der Waals surface area contributed by atoms with Gasteiger partial charge in [-0.15, -0.1) is 0 Å². The van der Waals surface area contributed by atoms with Crippen LogP contribution in [-0.2, 0) is 6.42 Å². The summed E-state index contributed by atoms with van der Waals surface area (Å²) < 4.78 is 5.30. The van der Waals surface area contributed by atoms with Gasteiger partial charge >= 0.3 is 5.63 Å². The van der Waals surface area contributed by atoms with Gasteiger partial charge in [-0.3, -0.25) is 9.59 Å². The van der Waals surface area contributed by atoms with E-state index in [-0.39, 0.29) is 17.3 Å². The van der Waals surface area contributed by atoms with Crippen molar-refractivity contribution < 1.29 is 14.0 Å². The topological polar surface area (TPSA) is 67.6 Å². The minimum absolute atomic E-state index is 0.00794. The molecular formula is C21H17NO4. The van der Waals surface area contributed by atoms with E-state index in [1.165, 1.54) is 6.92 Å². The van der Waals surface area contributed by atoms with Crippen molar-refractivity contribution in [1.29, 1.82) is 0 Å². The fourth-order valence-corrected chi connectivity index (χ4v) is 3.38. The quantitative estimate of drug-likeness (QED) is 0.525. The lowest BCUT2D eigenvalue weighted by Gasteiger charge is -2.29. The Kier molecular flexibility index (Phi) is 3.92. The van der Waals surface area contributed by atoms with Gasteiger partial charge in [0.05, 0.1) is 0 Å². The predicted octanol–water partition coefficient (Wildman–Crippen LogP) is 3.59. The Bertz CT molecular complexity index is 1100. The van der Waals surface area contributed by atoms with Crippen LogP contribution in [0.25, 0.3) is 11.0 Å². The summed E-state index contributed by atoms with van der Waals surface area (Å²) in [7, 11) is 0. The molecule has 2 heterocycles. The Labute approximate surface area is 149 Å². The standard InChI is InChI=1S/C21H17NO4/c1-13(23)14-8-9-18-15(11-14)6-4-10-22(18)20(24)17-12-16-5-2-3-7-19(16)26-21(17)25/h2-3,5,7-9,11-12H,4,6,10H2,1H3. The van der Waals surface area contributed by atoms with Crippen molar-refractivity contribution in [1.82, 2.24) is 0 Å². The van der Waals surface area contributed by atoms with E-state index in [9.17, 15) is 14.4 Å². The van der Waals surface area contributed by atoms with Gasteiger partial charge in [-0.2, -0.15) is 0 Å². The van der Waals surface area contributed by atoms with Gasteiger partial charge < -0.3 is 9.32 Å². The van der Waals surface area contributed by atoms with Crippen molar-refractivity contribution in [2.45, 2.75) is 19.8 Å². The highest BCUT2D eigenvalue weighted by Gasteiger charge is 2.26. The Morgan fingerprint density at radius 3 is 2.69 bits per heavy atom. The molecule has 0 bridgehead atoms. The number of carbonyl (C=O) groups excluding carboxylic acids is 2. The molecule has 0 atom stereocenters. The molecule has 2 aromatic carbocycles. The molecule has 5 nitrogen and oxygen atoms in total. The molecule has 130 valence electrons. The number of hydrogen-bond donors (Lipinski definition) is 0. The number of para-hydroxylation sites is 1. The summed E-state index contributed by atoms with van der Waals surface area (Å²) in [5, 5.41) is 0.708. The van der Waals surface area contributed by atoms with Crippen molar-refractivity contribution in [3.63, 3.8) is 0 Å². The van der Waals surface area contributed by atoms with E-state index < -0.39 is 5.63 Å². The first-order valence-corrected chi connectivity index (χ1v) is 8.53. The smallest absolute Gasteiger partial charge is 0.349 e. The number of ketones is 1. The third kappa shape index (κ3) is 2.71. The van der Waals surface area contributed by atoms with Gasteiger partial charge in [0.25, 0.3) is 5.91 Å². The van der Waals surface area contributed by atoms with Gasteiger partial charge in [0.2, 0.25) is 0 Å². The van der Waals surface area contributed by atoms with Crippen molar-refractivity contribution in [2.75, 3.05) is 11.4 Å². The number of fused-ring (bicyclic) bond motifs is 2. The van der Waals surface area contributed by atoms with E-state index in [1.54, 1.807) is 41.3 Å². The monoisotopic (exact) mass is 347 g/mol. The summed E-state index contributed by atoms with van der Waals surface area (Å²) in [4.78, 5) is 38.6. The Balaban J connectivity index is 1.78. The first-order chi connectivity index (χ1) is 12.5. The van der Waals surface area contributed by atoms with Crippen LogP contribution in [-0.4, -0.2) is 18.2 Å². The summed E-state index contributed by atoms with van der Waals surface area (Å²) in [6.45, 7) is 2.05. The molecule has 1 aliphatic heterocycles. The fourth-order valence-electron chi connectivity index (χ4n) is 3.38. The van der Waals surface area contributed by atoms with E-state index in [2.05, 4.69) is 0 Å². The van der Waals surface area contributed by atoms with E-state index in [1.807, 2.05) is 12.1 Å². The highest BCUT2D eigenvalue weighted by Crippen LogP contribution is 2.29. The second-order valence-electron chi connectivity index (χ2n) is 6.45. The van der Waals surface area contributed by atoms with Crippen LogP contribution >= 0.6 is 0 Å². The molecule has 3 aromatic rings. The van der Waals surface area contributed by atoms with Crippen molar-refractivity contribution >= 4 is 28.3 Å². The molecule has 4 rings (SSSR count). The van der Waals surface area contributed by atoms with Gasteiger partial charge in [-0.1, -0.05) is 18.2 Å². The number of aryl methyl sites for hydroxylation is 1. The maximum atomic E-state index is 13.0. The van der Waals surface area contributed by atoms with Gasteiger partial charge in [-0.05, 0) is 55.7 Å². The first-order valence-electron chi connectivity index (χ1n) is 8.53. The fraction of sp³-hybridized carbons (Fsp3) is 0.190. The highest BCUT2D eigenvalue weighted by atomic mass is 16.4. The van der Waals surface area contributed by atoms with E-state index in [0.717, 1.165) is 24.1 Å². The highest BCUT2D eigenvalue weighted by molar-refractivity contribution is 6.08. The molecule has 0 radical (unpaired) electrons. The Hall–Kier alpha value is -3.21. The largest absolute Gasteiger partial charge is 0.422 e. The number of carbonyl (C=O) groups is 2. The predicted molar refractivity (Wildman–Crippen MR) is 98.9 cm³/mol. The van der Waals surface area contributed by atoms with Gasteiger partial charge in [-0.25, -0.2) is 4.79 Å². The molecule has 0 saturated carbocycles. The molecule has 0 N–H and O–H groups in total. The zero-order chi connectivity index (χ0) is 18.3. The molecule has 1 aromatic heterocycles. The number of anilines is 1. The normalized spacial score (nSPS) is 13.5. The molecule has 1 aliphatic rings. The van der Waals surface area contributed by atoms with Gasteiger partial charge in [0.15, 0.2) is 5.78 Å². The maximum Gasteiger partial charge on any atom is 0.349 e. The molecular weight excluding hydrogens is 330 g/mol. The van der Waals surface area contributed by atoms with Crippen LogP contribution in [0, 0.1) is 0 Å². The maximum absolute atomic E-state index is 13.0. The number of rotatable bonds is 2. The number of Topliss-reactive ketones (excluding diaryl/α,β-unsaturated/α-hetero) is 1. The molecule has 0 unspecified atom stereocenters. The molecule has 5 heteroatoms. The number of benzene rings is 2. The Morgan fingerprint density at radius 1 is 1.08 bits per heavy atom. The lowest BCUT2D eigenvalue weighted by Crippen LogP contribution is -2.37. The Morgan fingerprint density at radius 2 is 1.88 bits per heavy atom. The van der Waals surface area contributed by atoms with E-state index in [0.29, 0.717) is 23.1 Å². The average Bonchev–Trinajstić information content (AvgIpc) is 2.66. The van der Waals surface area contributed by atoms with Crippen LogP contribution < -0.4 is 10.5 Å². The van der Waals surface area contributed by atoms with Gasteiger partial charge in [0.1, 0.15) is 11.1 Å². The zero-order valence-electron chi connectivity index (χ0n) is 14.3. The lowest BCUT2D eigenvalue weighted by molar-refractivity contribution is 0.0980. The SMILES string of the molecule is CC(=O)c1ccc2c(c1)CCCN2C(=O)c1cc2ccccc2oc1=O. The van der Waals surface area contributed by atoms with Crippen LogP contribution in [0.5, 0.6) is 0 Å². The molecule has 0 aliphatic carbocycles. The van der Waals surface area contributed by atoms with Crippen LogP contribution in [0.3, 0.4) is 0 Å². The second-order valence-corrected chi connectivity index (χ2v) is 6.45. The number of nitrogens with zero attached hydrogens (tertiary/aromatic N) is 1. The first kappa shape index (κ1) is 16.3. The number of amides is 1. The summed E-state index contributed by atoms with van der Waals surface area (Å²) in [6, 6.07) is 14.0. The van der Waals surface area contributed by atoms with Crippen LogP contribution in [0.2, 0.25) is 0 Å². The van der Waals surface area contributed by atoms with Crippen molar-refractivity contribution in [3.8, 4) is 0 Å². The van der Waals surface area contributed by atoms with E-state index in [4.69, 9.17) is 4.42 Å². The third-order valence-corrected chi connectivity index (χ3v) is 4.72.